The van der Waals surface area contributed by atoms with Gasteiger partial charge in [-0.1, -0.05) is 6.92 Å². The normalized spacial score (nSPS) is 15.5. The van der Waals surface area contributed by atoms with Crippen molar-refractivity contribution in [1.82, 2.24) is 4.90 Å². The first kappa shape index (κ1) is 19.8. The van der Waals surface area contributed by atoms with Crippen LogP contribution in [0.25, 0.3) is 0 Å². The van der Waals surface area contributed by atoms with Crippen molar-refractivity contribution in [3.8, 4) is 0 Å². The summed E-state index contributed by atoms with van der Waals surface area (Å²) in [6, 6.07) is 0. The molecule has 9 heteroatoms. The highest BCUT2D eigenvalue weighted by atomic mass is 16.4. The third kappa shape index (κ3) is 7.58. The van der Waals surface area contributed by atoms with Crippen molar-refractivity contribution in [2.45, 2.75) is 31.8 Å². The largest absolute Gasteiger partial charge is 0.481 e. The molecule has 1 unspecified atom stereocenters. The number of aliphatic hydroxyl groups is 1. The van der Waals surface area contributed by atoms with E-state index in [1.165, 1.54) is 0 Å². The number of likely N-dealkylation sites (tertiary alicyclic amines) is 1. The molecule has 0 saturated carbocycles. The standard InChI is InChI=1S/C7H12NO.C6H8O7/c1-7-2-4-8(6-9)5-3-7;7-3(8)1-6(13,5(11)12)2-4(9)10/h2,6-7H,3-5H2,1H3;13H,1-2H2,(H,7,8)(H,9,10)(H,11,12). The second-order valence-electron chi connectivity index (χ2n) is 5.08. The van der Waals surface area contributed by atoms with Crippen LogP contribution in [0.4, 0.5) is 0 Å². The van der Waals surface area contributed by atoms with E-state index in [1.807, 2.05) is 0 Å². The Bertz CT molecular complexity index is 398. The molecule has 1 heterocycles. The number of rotatable bonds is 6. The van der Waals surface area contributed by atoms with Gasteiger partial charge in [-0.15, -0.1) is 0 Å². The molecule has 1 aliphatic rings. The number of hydrogen-bond donors (Lipinski definition) is 4. The molecule has 125 valence electrons. The van der Waals surface area contributed by atoms with Gasteiger partial charge in [0.2, 0.25) is 6.41 Å². The number of amides is 1. The SMILES string of the molecule is CC1[CH]CN(C=O)CC1.O=C(O)CC(O)(CC(=O)O)C(=O)O. The van der Waals surface area contributed by atoms with Crippen LogP contribution >= 0.6 is 0 Å². The summed E-state index contributed by atoms with van der Waals surface area (Å²) in [5.74, 6) is -4.32. The lowest BCUT2D eigenvalue weighted by molar-refractivity contribution is -0.170. The Hall–Kier alpha value is -2.16. The molecule has 0 aromatic carbocycles. The summed E-state index contributed by atoms with van der Waals surface area (Å²) in [7, 11) is 0. The number of carbonyl (C=O) groups is 4. The summed E-state index contributed by atoms with van der Waals surface area (Å²) >= 11 is 0. The molecule has 0 spiro atoms. The Kier molecular flexibility index (Phi) is 8.10. The van der Waals surface area contributed by atoms with E-state index in [2.05, 4.69) is 13.3 Å². The first-order chi connectivity index (χ1) is 10.1. The van der Waals surface area contributed by atoms with Crippen molar-refractivity contribution < 1.29 is 39.6 Å². The number of carboxylic acids is 3. The highest BCUT2D eigenvalue weighted by Gasteiger charge is 2.40. The molecule has 1 radical (unpaired) electrons. The monoisotopic (exact) mass is 318 g/mol. The fraction of sp³-hybridized carbons (Fsp3) is 0.615. The van der Waals surface area contributed by atoms with Crippen molar-refractivity contribution in [3.63, 3.8) is 0 Å². The molecule has 1 amide bonds. The molecular formula is C13H20NO8. The molecule has 0 aromatic rings. The maximum Gasteiger partial charge on any atom is 0.336 e. The van der Waals surface area contributed by atoms with Crippen molar-refractivity contribution in [2.75, 3.05) is 13.1 Å². The molecule has 4 N–H and O–H groups in total. The van der Waals surface area contributed by atoms with Crippen LogP contribution in [-0.4, -0.2) is 68.3 Å². The van der Waals surface area contributed by atoms with Gasteiger partial charge in [-0.05, 0) is 18.8 Å². The smallest absolute Gasteiger partial charge is 0.336 e. The fourth-order valence-electron chi connectivity index (χ4n) is 1.70. The number of piperidine rings is 1. The third-order valence-corrected chi connectivity index (χ3v) is 3.05. The average Bonchev–Trinajstić information content (AvgIpc) is 2.38. The second-order valence-corrected chi connectivity index (χ2v) is 5.08. The zero-order valence-electron chi connectivity index (χ0n) is 12.1. The van der Waals surface area contributed by atoms with Gasteiger partial charge in [0.1, 0.15) is 0 Å². The third-order valence-electron chi connectivity index (χ3n) is 3.05. The van der Waals surface area contributed by atoms with Gasteiger partial charge in [0, 0.05) is 13.1 Å². The van der Waals surface area contributed by atoms with Gasteiger partial charge >= 0.3 is 17.9 Å². The van der Waals surface area contributed by atoms with Crippen molar-refractivity contribution >= 4 is 24.3 Å². The van der Waals surface area contributed by atoms with Gasteiger partial charge in [-0.3, -0.25) is 14.4 Å². The van der Waals surface area contributed by atoms with Gasteiger partial charge in [-0.25, -0.2) is 4.79 Å². The van der Waals surface area contributed by atoms with Crippen LogP contribution in [0.2, 0.25) is 0 Å². The molecule has 0 aliphatic carbocycles. The lowest BCUT2D eigenvalue weighted by Crippen LogP contribution is -2.42. The van der Waals surface area contributed by atoms with E-state index < -0.39 is 36.4 Å². The lowest BCUT2D eigenvalue weighted by Gasteiger charge is -2.26. The van der Waals surface area contributed by atoms with Crippen LogP contribution < -0.4 is 0 Å². The van der Waals surface area contributed by atoms with Gasteiger partial charge in [0.25, 0.3) is 0 Å². The summed E-state index contributed by atoms with van der Waals surface area (Å²) in [5.41, 5.74) is -2.74. The zero-order chi connectivity index (χ0) is 17.3. The number of carboxylic acid groups (broad SMARTS) is 3. The summed E-state index contributed by atoms with van der Waals surface area (Å²) < 4.78 is 0. The van der Waals surface area contributed by atoms with E-state index in [0.717, 1.165) is 25.9 Å². The second kappa shape index (κ2) is 8.98. The predicted molar refractivity (Wildman–Crippen MR) is 72.8 cm³/mol. The molecule has 1 saturated heterocycles. The first-order valence-electron chi connectivity index (χ1n) is 6.52. The molecule has 0 aromatic heterocycles. The first-order valence-corrected chi connectivity index (χ1v) is 6.52. The van der Waals surface area contributed by atoms with E-state index in [1.54, 1.807) is 4.90 Å². The minimum absolute atomic E-state index is 0.696. The van der Waals surface area contributed by atoms with Crippen LogP contribution in [0.5, 0.6) is 0 Å². The van der Waals surface area contributed by atoms with Crippen LogP contribution in [0.15, 0.2) is 0 Å². The van der Waals surface area contributed by atoms with Crippen LogP contribution in [0.3, 0.4) is 0 Å². The Morgan fingerprint density at radius 3 is 2.00 bits per heavy atom. The zero-order valence-corrected chi connectivity index (χ0v) is 12.1. The van der Waals surface area contributed by atoms with Crippen molar-refractivity contribution in [3.05, 3.63) is 6.42 Å². The average molecular weight is 318 g/mol. The fourth-order valence-corrected chi connectivity index (χ4v) is 1.70. The van der Waals surface area contributed by atoms with Gasteiger partial charge in [0.05, 0.1) is 12.8 Å². The topological polar surface area (TPSA) is 152 Å². The lowest BCUT2D eigenvalue weighted by atomic mass is 9.96. The van der Waals surface area contributed by atoms with Crippen LogP contribution in [0.1, 0.15) is 26.2 Å². The number of hydrogen-bond acceptors (Lipinski definition) is 5. The minimum atomic E-state index is -2.74. The van der Waals surface area contributed by atoms with Gasteiger partial charge in [0.15, 0.2) is 5.60 Å². The van der Waals surface area contributed by atoms with Gasteiger partial charge in [-0.2, -0.15) is 0 Å². The van der Waals surface area contributed by atoms with E-state index in [4.69, 9.17) is 20.4 Å². The molecule has 1 atom stereocenters. The number of carbonyl (C=O) groups excluding carboxylic acids is 1. The quantitative estimate of drug-likeness (QED) is 0.475. The Morgan fingerprint density at radius 2 is 1.73 bits per heavy atom. The Morgan fingerprint density at radius 1 is 1.23 bits per heavy atom. The summed E-state index contributed by atoms with van der Waals surface area (Å²) in [5, 5.41) is 33.8. The van der Waals surface area contributed by atoms with Crippen LogP contribution in [0, 0.1) is 12.3 Å². The molecular weight excluding hydrogens is 298 g/mol. The summed E-state index contributed by atoms with van der Waals surface area (Å²) in [4.78, 5) is 42.4. The van der Waals surface area contributed by atoms with E-state index >= 15 is 0 Å². The van der Waals surface area contributed by atoms with E-state index in [0.29, 0.717) is 5.92 Å². The highest BCUT2D eigenvalue weighted by Crippen LogP contribution is 2.15. The molecule has 9 nitrogen and oxygen atoms in total. The Labute approximate surface area is 127 Å². The summed E-state index contributed by atoms with van der Waals surface area (Å²) in [6.45, 7) is 3.95. The maximum absolute atomic E-state index is 10.3. The summed E-state index contributed by atoms with van der Waals surface area (Å²) in [6.07, 6.45) is 1.93. The molecule has 0 bridgehead atoms. The van der Waals surface area contributed by atoms with Crippen molar-refractivity contribution in [2.24, 2.45) is 5.92 Å². The molecule has 1 aliphatic heterocycles. The minimum Gasteiger partial charge on any atom is -0.481 e. The Balaban J connectivity index is 0.000000425. The van der Waals surface area contributed by atoms with Gasteiger partial charge < -0.3 is 25.3 Å². The maximum atomic E-state index is 10.3. The molecule has 22 heavy (non-hydrogen) atoms. The molecule has 1 fully saturated rings. The van der Waals surface area contributed by atoms with E-state index in [9.17, 15) is 19.2 Å². The highest BCUT2D eigenvalue weighted by molar-refractivity contribution is 5.88. The van der Waals surface area contributed by atoms with E-state index in [-0.39, 0.29) is 0 Å². The molecule has 1 rings (SSSR count). The number of nitrogens with zero attached hydrogens (tertiary/aromatic N) is 1. The number of aliphatic carboxylic acids is 3. The van der Waals surface area contributed by atoms with Crippen molar-refractivity contribution in [1.29, 1.82) is 0 Å². The van der Waals surface area contributed by atoms with Crippen LogP contribution in [-0.2, 0) is 19.2 Å². The predicted octanol–water partition coefficient (Wildman–Crippen LogP) is -0.560.